The molecule has 2 rings (SSSR count). The summed E-state index contributed by atoms with van der Waals surface area (Å²) >= 11 is 0. The van der Waals surface area contributed by atoms with E-state index < -0.39 is 47.5 Å². The first kappa shape index (κ1) is 31.3. The molecule has 2 atom stereocenters. The number of rotatable bonds is 10. The molecule has 0 spiro atoms. The number of anilines is 1. The monoisotopic (exact) mass is 538 g/mol. The van der Waals surface area contributed by atoms with Crippen LogP contribution in [-0.4, -0.2) is 46.4 Å². The molecule has 9 nitrogen and oxygen atoms in total. The Labute approximate surface area is 231 Å². The van der Waals surface area contributed by atoms with Crippen molar-refractivity contribution in [1.29, 1.82) is 0 Å². The molecule has 4 N–H and O–H groups in total. The molecule has 0 aliphatic rings. The maximum absolute atomic E-state index is 14.1. The van der Waals surface area contributed by atoms with E-state index in [1.807, 2.05) is 57.2 Å². The molecule has 2 aromatic carbocycles. The average Bonchev–Trinajstić information content (AvgIpc) is 2.80. The van der Waals surface area contributed by atoms with Gasteiger partial charge in [-0.3, -0.25) is 14.4 Å². The highest BCUT2D eigenvalue weighted by molar-refractivity contribution is 6.00. The Morgan fingerprint density at radius 1 is 0.974 bits per heavy atom. The van der Waals surface area contributed by atoms with Gasteiger partial charge in [-0.15, -0.1) is 0 Å². The number of hydrogen-bond acceptors (Lipinski definition) is 5. The molecule has 2 aromatic rings. The summed E-state index contributed by atoms with van der Waals surface area (Å²) in [6.45, 7) is 14.4. The Kier molecular flexibility index (Phi) is 10.7. The molecule has 0 saturated carbocycles. The van der Waals surface area contributed by atoms with Gasteiger partial charge in [0, 0.05) is 18.2 Å². The zero-order valence-electron chi connectivity index (χ0n) is 24.3. The van der Waals surface area contributed by atoms with Crippen LogP contribution in [-0.2, 0) is 19.1 Å². The van der Waals surface area contributed by atoms with Crippen LogP contribution in [0.2, 0.25) is 0 Å². The predicted octanol–water partition coefficient (Wildman–Crippen LogP) is 4.69. The summed E-state index contributed by atoms with van der Waals surface area (Å²) < 4.78 is 5.36. The summed E-state index contributed by atoms with van der Waals surface area (Å²) in [5, 5.41) is 5.63. The predicted molar refractivity (Wildman–Crippen MR) is 152 cm³/mol. The van der Waals surface area contributed by atoms with Crippen LogP contribution in [0.3, 0.4) is 0 Å². The molecular weight excluding hydrogens is 496 g/mol. The van der Waals surface area contributed by atoms with E-state index in [-0.39, 0.29) is 12.8 Å². The first-order valence-electron chi connectivity index (χ1n) is 13.1. The third kappa shape index (κ3) is 9.12. The summed E-state index contributed by atoms with van der Waals surface area (Å²) in [5.41, 5.74) is 8.56. The summed E-state index contributed by atoms with van der Waals surface area (Å²) in [6.07, 6.45) is -0.988. The number of hydrogen-bond donors (Lipinski definition) is 3. The topological polar surface area (TPSA) is 131 Å². The van der Waals surface area contributed by atoms with E-state index in [0.717, 1.165) is 16.7 Å². The second-order valence-electron chi connectivity index (χ2n) is 11.1. The number of primary amides is 1. The van der Waals surface area contributed by atoms with Gasteiger partial charge in [-0.05, 0) is 78.5 Å². The van der Waals surface area contributed by atoms with Crippen LogP contribution in [0, 0.1) is 20.8 Å². The fourth-order valence-electron chi connectivity index (χ4n) is 4.34. The van der Waals surface area contributed by atoms with Crippen molar-refractivity contribution in [3.63, 3.8) is 0 Å². The number of nitrogens with two attached hydrogens (primary N) is 1. The highest BCUT2D eigenvalue weighted by atomic mass is 16.6. The number of amides is 4. The first-order chi connectivity index (χ1) is 18.1. The molecule has 9 heteroatoms. The van der Waals surface area contributed by atoms with E-state index in [0.29, 0.717) is 11.3 Å². The van der Waals surface area contributed by atoms with E-state index in [1.54, 1.807) is 40.7 Å². The highest BCUT2D eigenvalue weighted by Gasteiger charge is 2.38. The lowest BCUT2D eigenvalue weighted by atomic mass is 9.98. The van der Waals surface area contributed by atoms with Crippen LogP contribution in [0.15, 0.2) is 42.5 Å². The van der Waals surface area contributed by atoms with Crippen LogP contribution in [0.5, 0.6) is 0 Å². The standard InChI is InChI=1S/C30H42N4O5/c1-18(2)34(28(37)23(15-16-24(31)35)32-29(38)39-30(6,7)8)26(22-14-9-11-19(3)17-22)27(36)33-25-20(4)12-10-13-21(25)5/h9-14,17-18,23,26H,15-16H2,1-8H3,(H2,31,35)(H,32,38)(H,33,36). The van der Waals surface area contributed by atoms with Crippen molar-refractivity contribution in [3.8, 4) is 0 Å². The molecule has 0 saturated heterocycles. The Hall–Kier alpha value is -3.88. The molecule has 4 amide bonds. The molecule has 0 aliphatic heterocycles. The minimum Gasteiger partial charge on any atom is -0.444 e. The van der Waals surface area contributed by atoms with Crippen molar-refractivity contribution in [2.24, 2.45) is 5.73 Å². The van der Waals surface area contributed by atoms with Gasteiger partial charge in [0.2, 0.25) is 11.8 Å². The van der Waals surface area contributed by atoms with Gasteiger partial charge < -0.3 is 26.0 Å². The van der Waals surface area contributed by atoms with E-state index in [2.05, 4.69) is 10.6 Å². The normalized spacial score (nSPS) is 12.8. The Balaban J connectivity index is 2.57. The molecule has 0 bridgehead atoms. The van der Waals surface area contributed by atoms with E-state index >= 15 is 0 Å². The van der Waals surface area contributed by atoms with Gasteiger partial charge in [-0.1, -0.05) is 48.0 Å². The van der Waals surface area contributed by atoms with Crippen LogP contribution in [0.4, 0.5) is 10.5 Å². The zero-order chi connectivity index (χ0) is 29.5. The second-order valence-corrected chi connectivity index (χ2v) is 11.1. The highest BCUT2D eigenvalue weighted by Crippen LogP contribution is 2.29. The van der Waals surface area contributed by atoms with Crippen molar-refractivity contribution in [3.05, 3.63) is 64.7 Å². The summed E-state index contributed by atoms with van der Waals surface area (Å²) in [5.74, 6) is -1.54. The van der Waals surface area contributed by atoms with Crippen LogP contribution >= 0.6 is 0 Å². The quantitative estimate of drug-likeness (QED) is 0.404. The average molecular weight is 539 g/mol. The number of aryl methyl sites for hydroxylation is 3. The first-order valence-corrected chi connectivity index (χ1v) is 13.1. The van der Waals surface area contributed by atoms with Crippen molar-refractivity contribution < 1.29 is 23.9 Å². The maximum atomic E-state index is 14.1. The lowest BCUT2D eigenvalue weighted by molar-refractivity contribution is -0.143. The molecule has 2 unspecified atom stereocenters. The molecule has 0 aliphatic carbocycles. The van der Waals surface area contributed by atoms with Crippen molar-refractivity contribution in [2.75, 3.05) is 5.32 Å². The number of benzene rings is 2. The van der Waals surface area contributed by atoms with E-state index in [9.17, 15) is 19.2 Å². The van der Waals surface area contributed by atoms with Gasteiger partial charge in [0.15, 0.2) is 0 Å². The smallest absolute Gasteiger partial charge is 0.408 e. The number of carbonyl (C=O) groups is 4. The number of ether oxygens (including phenoxy) is 1. The fraction of sp³-hybridized carbons (Fsp3) is 0.467. The minimum atomic E-state index is -1.14. The van der Waals surface area contributed by atoms with Crippen molar-refractivity contribution >= 4 is 29.5 Å². The third-order valence-electron chi connectivity index (χ3n) is 6.09. The van der Waals surface area contributed by atoms with Gasteiger partial charge in [0.25, 0.3) is 5.91 Å². The third-order valence-corrected chi connectivity index (χ3v) is 6.09. The zero-order valence-corrected chi connectivity index (χ0v) is 24.3. The van der Waals surface area contributed by atoms with Crippen LogP contribution in [0.25, 0.3) is 0 Å². The Bertz CT molecular complexity index is 1180. The molecular formula is C30H42N4O5. The van der Waals surface area contributed by atoms with Crippen LogP contribution in [0.1, 0.15) is 75.8 Å². The van der Waals surface area contributed by atoms with Crippen LogP contribution < -0.4 is 16.4 Å². The van der Waals surface area contributed by atoms with E-state index in [1.165, 1.54) is 4.90 Å². The lowest BCUT2D eigenvalue weighted by Crippen LogP contribution is -2.54. The van der Waals surface area contributed by atoms with Gasteiger partial charge in [0.05, 0.1) is 0 Å². The molecule has 0 heterocycles. The van der Waals surface area contributed by atoms with Gasteiger partial charge in [-0.2, -0.15) is 0 Å². The van der Waals surface area contributed by atoms with Gasteiger partial charge in [0.1, 0.15) is 17.7 Å². The Morgan fingerprint density at radius 3 is 2.08 bits per heavy atom. The molecule has 0 aromatic heterocycles. The number of para-hydroxylation sites is 1. The van der Waals surface area contributed by atoms with Gasteiger partial charge >= 0.3 is 6.09 Å². The summed E-state index contributed by atoms with van der Waals surface area (Å²) in [6, 6.07) is 10.5. The van der Waals surface area contributed by atoms with Crippen molar-refractivity contribution in [1.82, 2.24) is 10.2 Å². The van der Waals surface area contributed by atoms with Crippen molar-refractivity contribution in [2.45, 2.75) is 92.0 Å². The SMILES string of the molecule is Cc1cccc(C(C(=O)Nc2c(C)cccc2C)N(C(=O)C(CCC(N)=O)NC(=O)OC(C)(C)C)C(C)C)c1. The number of nitrogens with zero attached hydrogens (tertiary/aromatic N) is 1. The number of carbonyl (C=O) groups excluding carboxylic acids is 4. The second kappa shape index (κ2) is 13.3. The molecule has 0 radical (unpaired) electrons. The summed E-state index contributed by atoms with van der Waals surface area (Å²) in [4.78, 5) is 53.8. The number of alkyl carbamates (subject to hydrolysis) is 1. The lowest BCUT2D eigenvalue weighted by Gasteiger charge is -2.37. The van der Waals surface area contributed by atoms with Gasteiger partial charge in [-0.25, -0.2) is 4.79 Å². The molecule has 212 valence electrons. The Morgan fingerprint density at radius 2 is 1.56 bits per heavy atom. The fourth-order valence-corrected chi connectivity index (χ4v) is 4.34. The maximum Gasteiger partial charge on any atom is 0.408 e. The van der Waals surface area contributed by atoms with E-state index in [4.69, 9.17) is 10.5 Å². The molecule has 0 fully saturated rings. The minimum absolute atomic E-state index is 0.0459. The molecule has 39 heavy (non-hydrogen) atoms. The largest absolute Gasteiger partial charge is 0.444 e. The summed E-state index contributed by atoms with van der Waals surface area (Å²) in [7, 11) is 0. The number of nitrogens with one attached hydrogen (secondary N) is 2.